The van der Waals surface area contributed by atoms with Crippen LogP contribution in [0.25, 0.3) is 85.4 Å². The topological polar surface area (TPSA) is 51.6 Å². The third-order valence-corrected chi connectivity index (χ3v) is 18.8. The Morgan fingerprint density at radius 1 is 0.408 bits per heavy atom. The molecule has 12 aromatic rings. The third kappa shape index (κ3) is 13.6. The van der Waals surface area contributed by atoms with Gasteiger partial charge in [0, 0.05) is 90.7 Å². The van der Waals surface area contributed by atoms with Crippen LogP contribution in [0.2, 0.25) is 39.3 Å². The van der Waals surface area contributed by atoms with Gasteiger partial charge in [-0.2, -0.15) is 22.7 Å². The summed E-state index contributed by atoms with van der Waals surface area (Å²) in [5, 5.41) is 8.62. The first-order chi connectivity index (χ1) is 38.0. The van der Waals surface area contributed by atoms with E-state index in [1.54, 1.807) is 41.6 Å². The van der Waals surface area contributed by atoms with Gasteiger partial charge in [0.25, 0.3) is 0 Å². The van der Waals surface area contributed by atoms with Crippen LogP contribution in [-0.2, 0) is 40.2 Å². The maximum atomic E-state index is 7.23. The fraction of sp³-hybridized carbons (Fsp3) is 0.152. The molecule has 0 atom stereocenters. The Labute approximate surface area is 495 Å². The average Bonchev–Trinajstić information content (AvgIpc) is 4.21. The summed E-state index contributed by atoms with van der Waals surface area (Å²) in [6.45, 7) is 14.4. The average molecular weight is 1420 g/mol. The summed E-state index contributed by atoms with van der Waals surface area (Å²) in [7, 11) is -2.86. The molecule has 4 nitrogen and oxygen atoms in total. The molecular weight excluding hydrogens is 1350 g/mol. The van der Waals surface area contributed by atoms with E-state index in [4.69, 9.17) is 8.22 Å². The molecule has 0 unspecified atom stereocenters. The van der Waals surface area contributed by atoms with Gasteiger partial charge in [-0.15, -0.1) is 118 Å². The zero-order chi connectivity index (χ0) is 57.0. The second-order valence-electron chi connectivity index (χ2n) is 20.1. The van der Waals surface area contributed by atoms with Gasteiger partial charge < -0.3 is 19.9 Å². The summed E-state index contributed by atoms with van der Waals surface area (Å²) >= 11 is 3.74. The van der Waals surface area contributed by atoms with Crippen molar-refractivity contribution >= 4 is 89.5 Å². The van der Waals surface area contributed by atoms with Crippen LogP contribution in [0, 0.1) is 51.8 Å². The normalized spacial score (nSPS) is 12.6. The predicted octanol–water partition coefficient (Wildman–Crippen LogP) is 17.3. The number of pyridine rings is 4. The fourth-order valence-corrected chi connectivity index (χ4v) is 14.4. The summed E-state index contributed by atoms with van der Waals surface area (Å²) in [5.41, 5.74) is 10.3. The molecule has 6 heterocycles. The second kappa shape index (κ2) is 25.5. The zero-order valence-corrected chi connectivity index (χ0v) is 52.0. The molecule has 0 saturated heterocycles. The predicted molar refractivity (Wildman–Crippen MR) is 325 cm³/mol. The van der Waals surface area contributed by atoms with E-state index in [0.29, 0.717) is 0 Å². The zero-order valence-electron chi connectivity index (χ0n) is 49.6. The molecule has 0 aliphatic carbocycles. The molecular formula is C66H60Ir2N4S2Si2-4. The summed E-state index contributed by atoms with van der Waals surface area (Å²) in [4.78, 5) is 17.5. The van der Waals surface area contributed by atoms with E-state index in [-0.39, 0.29) is 51.3 Å². The SMILES string of the molecule is Cc1ccc(-c2[c-]cc([Si](C)(C)C)c3c2sc2ccccc23)nc1.Cc1ccc(-c2[c-]ccc3c2sc2cccc([Si](C)(C)C)c23)nc1.[2H]C([2H])([2H])c1ccc(-c2[c-]cccc2)nc1.[2H]C([2H])([2H])c1ccc(-c2[c-]cccc2)nc1.[Ir].[Ir]. The van der Waals surface area contributed by atoms with Crippen LogP contribution in [-0.4, -0.2) is 36.1 Å². The van der Waals surface area contributed by atoms with Gasteiger partial charge in [-0.05, 0) is 105 Å². The van der Waals surface area contributed by atoms with Crippen molar-refractivity contribution in [2.24, 2.45) is 0 Å². The van der Waals surface area contributed by atoms with E-state index in [2.05, 4.69) is 176 Å². The van der Waals surface area contributed by atoms with E-state index >= 15 is 0 Å². The number of benzene rings is 6. The minimum absolute atomic E-state index is 0. The van der Waals surface area contributed by atoms with Crippen molar-refractivity contribution < 1.29 is 48.4 Å². The molecule has 76 heavy (non-hydrogen) atoms. The van der Waals surface area contributed by atoms with Crippen LogP contribution in [0.4, 0.5) is 0 Å². The molecule has 2 radical (unpaired) electrons. The number of aryl methyl sites for hydroxylation is 4. The number of thiophene rings is 2. The molecule has 386 valence electrons. The molecule has 0 amide bonds. The monoisotopic (exact) mass is 1420 g/mol. The second-order valence-corrected chi connectivity index (χ2v) is 32.3. The van der Waals surface area contributed by atoms with Crippen molar-refractivity contribution in [2.75, 3.05) is 0 Å². The minimum atomic E-state index is -2.09. The first-order valence-corrected chi connectivity index (χ1v) is 33.1. The largest absolute Gasteiger partial charge is 0.304 e. The van der Waals surface area contributed by atoms with E-state index in [9.17, 15) is 0 Å². The van der Waals surface area contributed by atoms with Crippen LogP contribution in [0.1, 0.15) is 30.5 Å². The Hall–Kier alpha value is -5.91. The van der Waals surface area contributed by atoms with Crippen LogP contribution in [0.5, 0.6) is 0 Å². The molecule has 0 N–H and O–H groups in total. The van der Waals surface area contributed by atoms with Crippen molar-refractivity contribution in [3.8, 4) is 45.0 Å². The van der Waals surface area contributed by atoms with Crippen LogP contribution in [0.3, 0.4) is 0 Å². The smallest absolute Gasteiger partial charge is 0.0783 e. The number of hydrogen-bond donors (Lipinski definition) is 0. The molecule has 0 aliphatic rings. The molecule has 10 heteroatoms. The van der Waals surface area contributed by atoms with Crippen molar-refractivity contribution in [1.29, 1.82) is 0 Å². The molecule has 0 spiro atoms. The van der Waals surface area contributed by atoms with Gasteiger partial charge >= 0.3 is 0 Å². The summed E-state index contributed by atoms with van der Waals surface area (Å²) in [6, 6.07) is 65.0. The molecule has 0 aliphatic heterocycles. The van der Waals surface area contributed by atoms with Gasteiger partial charge in [-0.3, -0.25) is 0 Å². The van der Waals surface area contributed by atoms with Gasteiger partial charge in [0.1, 0.15) is 0 Å². The van der Waals surface area contributed by atoms with Gasteiger partial charge in [-0.1, -0.05) is 134 Å². The Balaban J connectivity index is 0.000000159. The van der Waals surface area contributed by atoms with E-state index in [1.165, 1.54) is 69.1 Å². The summed E-state index contributed by atoms with van der Waals surface area (Å²) in [6.07, 6.45) is 6.66. The third-order valence-electron chi connectivity index (χ3n) is 12.4. The Bertz CT molecular complexity index is 3960. The molecule has 6 aromatic heterocycles. The van der Waals surface area contributed by atoms with Crippen LogP contribution >= 0.6 is 22.7 Å². The maximum absolute atomic E-state index is 7.23. The minimum Gasteiger partial charge on any atom is -0.304 e. The van der Waals surface area contributed by atoms with Crippen molar-refractivity contribution in [3.05, 3.63) is 229 Å². The maximum Gasteiger partial charge on any atom is 0.0783 e. The summed E-state index contributed by atoms with van der Waals surface area (Å²) in [5.74, 6) is 0. The van der Waals surface area contributed by atoms with Gasteiger partial charge in [0.2, 0.25) is 0 Å². The Kier molecular flexibility index (Phi) is 16.7. The van der Waals surface area contributed by atoms with Gasteiger partial charge in [0.05, 0.1) is 8.07 Å². The van der Waals surface area contributed by atoms with Gasteiger partial charge in [-0.25, -0.2) is 0 Å². The molecule has 0 saturated carbocycles. The van der Waals surface area contributed by atoms with E-state index in [0.717, 1.165) is 45.0 Å². The van der Waals surface area contributed by atoms with E-state index in [1.807, 2.05) is 77.5 Å². The first kappa shape index (κ1) is 49.7. The number of aromatic nitrogens is 4. The fourth-order valence-electron chi connectivity index (χ4n) is 8.60. The quantitative estimate of drug-likeness (QED) is 0.123. The number of fused-ring (bicyclic) bond motifs is 6. The molecule has 0 fully saturated rings. The molecule has 6 aromatic carbocycles. The first-order valence-electron chi connectivity index (χ1n) is 27.5. The molecule has 12 rings (SSSR count). The van der Waals surface area contributed by atoms with Crippen LogP contribution < -0.4 is 10.4 Å². The summed E-state index contributed by atoms with van der Waals surface area (Å²) < 4.78 is 48.7. The van der Waals surface area contributed by atoms with Crippen LogP contribution in [0.15, 0.2) is 183 Å². The standard InChI is InChI=1S/2C21H20NSSi.2C12H10N.2Ir/c1-14-11-12-17(22-13-14)15-7-5-8-16-20-18(23-21(15)16)9-6-10-19(20)24(2,3)4;1-14-9-11-17(22-13-14)15-10-12-19(24(2,3)4)20-16-7-5-6-8-18(16)23-21(15)20;2*1-10-7-8-12(13-9-10)11-5-3-2-4-6-11;;/h5-6,8-13H,1-4H3;5-9,11-13H,1-4H3;2*2-5,7-9H,1H3;;/q4*-1;;/i;;2*1D3;;. The van der Waals surface area contributed by atoms with Crippen molar-refractivity contribution in [3.63, 3.8) is 0 Å². The Morgan fingerprint density at radius 3 is 1.39 bits per heavy atom. The van der Waals surface area contributed by atoms with Crippen molar-refractivity contribution in [1.82, 2.24) is 19.9 Å². The van der Waals surface area contributed by atoms with Crippen molar-refractivity contribution in [2.45, 2.75) is 66.8 Å². The number of nitrogens with zero attached hydrogens (tertiary/aromatic N) is 4. The number of rotatable bonds is 6. The van der Waals surface area contributed by atoms with E-state index < -0.39 is 29.9 Å². The van der Waals surface area contributed by atoms with Gasteiger partial charge in [0.15, 0.2) is 0 Å². The Morgan fingerprint density at radius 2 is 0.895 bits per heavy atom. The number of hydrogen-bond acceptors (Lipinski definition) is 6. The molecule has 0 bridgehead atoms.